The average Bonchev–Trinajstić information content (AvgIpc) is 3.46. The summed E-state index contributed by atoms with van der Waals surface area (Å²) in [5.74, 6) is 0.972. The van der Waals surface area contributed by atoms with Crippen LogP contribution in [0.3, 0.4) is 0 Å². The van der Waals surface area contributed by atoms with Gasteiger partial charge in [-0.15, -0.1) is 0 Å². The van der Waals surface area contributed by atoms with E-state index in [2.05, 4.69) is 52.0 Å². The number of nitrogens with one attached hydrogen (secondary N) is 1. The summed E-state index contributed by atoms with van der Waals surface area (Å²) < 4.78 is 17.0. The minimum absolute atomic E-state index is 0.0434. The number of rotatable bonds is 9. The van der Waals surface area contributed by atoms with Gasteiger partial charge in [-0.3, -0.25) is 14.5 Å². The van der Waals surface area contributed by atoms with Crippen LogP contribution in [0.15, 0.2) is 48.5 Å². The van der Waals surface area contributed by atoms with Crippen molar-refractivity contribution < 1.29 is 14.0 Å². The molecule has 3 aliphatic heterocycles. The fourth-order valence-corrected chi connectivity index (χ4v) is 8.58. The van der Waals surface area contributed by atoms with Crippen LogP contribution >= 0.6 is 0 Å². The molecule has 3 fully saturated rings. The Morgan fingerprint density at radius 1 is 1.00 bits per heavy atom. The number of benzene rings is 2. The largest absolute Gasteiger partial charge is 0.359 e. The van der Waals surface area contributed by atoms with Gasteiger partial charge in [0.1, 0.15) is 11.6 Å². The molecule has 1 N–H and O–H groups in total. The quantitative estimate of drug-likeness (QED) is 0.319. The van der Waals surface area contributed by atoms with Crippen molar-refractivity contribution in [3.63, 3.8) is 0 Å². The molecule has 3 saturated heterocycles. The number of carbonyl (C=O) groups is 2. The van der Waals surface area contributed by atoms with E-state index in [1.54, 1.807) is 13.1 Å². The molecule has 4 heterocycles. The van der Waals surface area contributed by atoms with Crippen molar-refractivity contribution in [3.8, 4) is 0 Å². The van der Waals surface area contributed by atoms with Crippen LogP contribution in [0.5, 0.6) is 0 Å². The van der Waals surface area contributed by atoms with Crippen LogP contribution in [0, 0.1) is 18.2 Å². The number of aromatic nitrogens is 2. The molecular formula is C36H48FN5O2. The third-order valence-corrected chi connectivity index (χ3v) is 10.9. The van der Waals surface area contributed by atoms with Crippen LogP contribution in [-0.2, 0) is 15.0 Å². The summed E-state index contributed by atoms with van der Waals surface area (Å²) in [4.78, 5) is 34.9. The third kappa shape index (κ3) is 6.15. The Morgan fingerprint density at radius 2 is 1.70 bits per heavy atom. The van der Waals surface area contributed by atoms with Crippen LogP contribution in [0.4, 0.5) is 4.39 Å². The molecular weight excluding hydrogens is 553 g/mol. The van der Waals surface area contributed by atoms with Gasteiger partial charge < -0.3 is 14.8 Å². The number of hydrogen-bond donors (Lipinski definition) is 1. The van der Waals surface area contributed by atoms with Gasteiger partial charge in [0, 0.05) is 51.1 Å². The summed E-state index contributed by atoms with van der Waals surface area (Å²) in [7, 11) is 1.63. The number of nitrogens with zero attached hydrogens (tertiary/aromatic N) is 4. The molecule has 6 rings (SSSR count). The van der Waals surface area contributed by atoms with Crippen molar-refractivity contribution in [3.05, 3.63) is 65.7 Å². The van der Waals surface area contributed by atoms with E-state index in [1.807, 2.05) is 24.8 Å². The number of aryl methyl sites for hydroxylation is 1. The monoisotopic (exact) mass is 601 g/mol. The van der Waals surface area contributed by atoms with E-state index in [0.29, 0.717) is 44.1 Å². The van der Waals surface area contributed by atoms with E-state index >= 15 is 0 Å². The summed E-state index contributed by atoms with van der Waals surface area (Å²) in [5.41, 5.74) is 2.82. The van der Waals surface area contributed by atoms with E-state index in [4.69, 9.17) is 4.98 Å². The highest BCUT2D eigenvalue weighted by Crippen LogP contribution is 2.45. The number of piperidine rings is 2. The lowest BCUT2D eigenvalue weighted by Crippen LogP contribution is -2.49. The van der Waals surface area contributed by atoms with Gasteiger partial charge >= 0.3 is 0 Å². The van der Waals surface area contributed by atoms with Gasteiger partial charge in [-0.2, -0.15) is 0 Å². The number of halogens is 1. The van der Waals surface area contributed by atoms with Gasteiger partial charge in [-0.1, -0.05) is 38.1 Å². The first kappa shape index (κ1) is 30.8. The maximum Gasteiger partial charge on any atom is 0.223 e. The molecule has 236 valence electrons. The lowest BCUT2D eigenvalue weighted by Gasteiger charge is -2.46. The summed E-state index contributed by atoms with van der Waals surface area (Å²) in [6.07, 6.45) is 8.02. The standard InChI is InChI=1S/C36H48FN5O2/c1-25-39-31-10-5-6-11-32(31)42(25)30-21-28-12-13-29(22-30)41(28)19-16-36(26-8-7-9-27(37)20-26)14-17-40(18-15-36)34(44)24-35(2,3)23-33(43)38-4/h5-11,20,28-30H,12-19,21-24H2,1-4H3,(H,38,43)/t28-,29+,30?. The van der Waals surface area contributed by atoms with Crippen molar-refractivity contribution in [1.82, 2.24) is 24.7 Å². The minimum Gasteiger partial charge on any atom is -0.359 e. The first-order valence-corrected chi connectivity index (χ1v) is 16.5. The second kappa shape index (κ2) is 12.3. The maximum absolute atomic E-state index is 14.6. The molecule has 0 aliphatic carbocycles. The Morgan fingerprint density at radius 3 is 2.39 bits per heavy atom. The molecule has 1 unspecified atom stereocenters. The van der Waals surface area contributed by atoms with Crippen LogP contribution in [0.25, 0.3) is 11.0 Å². The number of hydrogen-bond acceptors (Lipinski definition) is 4. The van der Waals surface area contributed by atoms with Crippen molar-refractivity contribution in [1.29, 1.82) is 0 Å². The van der Waals surface area contributed by atoms with Crippen LogP contribution in [0.2, 0.25) is 0 Å². The molecule has 3 atom stereocenters. The molecule has 2 amide bonds. The van der Waals surface area contributed by atoms with Crippen molar-refractivity contribution in [2.24, 2.45) is 5.41 Å². The Labute approximate surface area is 261 Å². The minimum atomic E-state index is -0.402. The SMILES string of the molecule is CNC(=O)CC(C)(C)CC(=O)N1CCC(CCN2[C@@H]3CC[C@H]2CC(n2c(C)nc4ccccc42)C3)(c2cccc(F)c2)CC1. The van der Waals surface area contributed by atoms with Gasteiger partial charge in [0.05, 0.1) is 11.0 Å². The molecule has 44 heavy (non-hydrogen) atoms. The van der Waals surface area contributed by atoms with E-state index < -0.39 is 5.41 Å². The Hall–Kier alpha value is -3.26. The molecule has 0 spiro atoms. The lowest BCUT2D eigenvalue weighted by molar-refractivity contribution is -0.135. The van der Waals surface area contributed by atoms with Gasteiger partial charge in [0.25, 0.3) is 0 Å². The van der Waals surface area contributed by atoms with Gasteiger partial charge in [-0.05, 0) is 99.1 Å². The summed E-state index contributed by atoms with van der Waals surface area (Å²) in [5, 5.41) is 2.68. The van der Waals surface area contributed by atoms with E-state index in [1.165, 1.54) is 24.4 Å². The molecule has 7 nitrogen and oxygen atoms in total. The molecule has 2 bridgehead atoms. The summed E-state index contributed by atoms with van der Waals surface area (Å²) in [6, 6.07) is 17.2. The number of fused-ring (bicyclic) bond motifs is 3. The lowest BCUT2D eigenvalue weighted by atomic mass is 9.70. The fraction of sp³-hybridized carbons (Fsp3) is 0.583. The number of carbonyl (C=O) groups excluding carboxylic acids is 2. The van der Waals surface area contributed by atoms with Gasteiger partial charge in [0.15, 0.2) is 0 Å². The summed E-state index contributed by atoms with van der Waals surface area (Å²) >= 11 is 0. The zero-order valence-corrected chi connectivity index (χ0v) is 26.8. The molecule has 3 aliphatic rings. The Kier molecular flexibility index (Phi) is 8.57. The van der Waals surface area contributed by atoms with Crippen LogP contribution in [0.1, 0.15) is 89.1 Å². The smallest absolute Gasteiger partial charge is 0.223 e. The first-order valence-electron chi connectivity index (χ1n) is 16.5. The predicted molar refractivity (Wildman–Crippen MR) is 172 cm³/mol. The second-order valence-corrected chi connectivity index (χ2v) is 14.4. The van der Waals surface area contributed by atoms with Crippen LogP contribution < -0.4 is 5.32 Å². The third-order valence-electron chi connectivity index (χ3n) is 10.9. The zero-order chi connectivity index (χ0) is 31.1. The normalized spacial score (nSPS) is 23.7. The number of likely N-dealkylation sites (tertiary alicyclic amines) is 1. The number of imidazole rings is 1. The Bertz CT molecular complexity index is 1490. The zero-order valence-electron chi connectivity index (χ0n) is 26.8. The van der Waals surface area contributed by atoms with Gasteiger partial charge in [0.2, 0.25) is 11.8 Å². The number of amides is 2. The molecule has 2 aromatic carbocycles. The molecule has 8 heteroatoms. The summed E-state index contributed by atoms with van der Waals surface area (Å²) in [6.45, 7) is 8.41. The van der Waals surface area contributed by atoms with Gasteiger partial charge in [-0.25, -0.2) is 9.37 Å². The van der Waals surface area contributed by atoms with E-state index in [9.17, 15) is 14.0 Å². The Balaban J connectivity index is 1.14. The topological polar surface area (TPSA) is 70.5 Å². The average molecular weight is 602 g/mol. The first-order chi connectivity index (χ1) is 21.1. The van der Waals surface area contributed by atoms with Crippen molar-refractivity contribution in [2.45, 2.75) is 102 Å². The van der Waals surface area contributed by atoms with Crippen LogP contribution in [-0.4, -0.2) is 69.9 Å². The van der Waals surface area contributed by atoms with E-state index in [0.717, 1.165) is 55.6 Å². The highest BCUT2D eigenvalue weighted by atomic mass is 19.1. The highest BCUT2D eigenvalue weighted by Gasteiger charge is 2.44. The second-order valence-electron chi connectivity index (χ2n) is 14.4. The maximum atomic E-state index is 14.6. The van der Waals surface area contributed by atoms with Crippen molar-refractivity contribution in [2.75, 3.05) is 26.7 Å². The fourth-order valence-electron chi connectivity index (χ4n) is 8.58. The molecule has 1 aromatic heterocycles. The van der Waals surface area contributed by atoms with Crippen molar-refractivity contribution >= 4 is 22.8 Å². The molecule has 3 aromatic rings. The number of para-hydroxylation sites is 2. The van der Waals surface area contributed by atoms with E-state index in [-0.39, 0.29) is 23.0 Å². The highest BCUT2D eigenvalue weighted by molar-refractivity contribution is 5.80. The molecule has 0 saturated carbocycles. The molecule has 0 radical (unpaired) electrons. The predicted octanol–water partition coefficient (Wildman–Crippen LogP) is 6.15.